The molecule has 0 bridgehead atoms. The van der Waals surface area contributed by atoms with Crippen LogP contribution in [0, 0.1) is 5.41 Å². The lowest BCUT2D eigenvalue weighted by molar-refractivity contribution is -0.142. The summed E-state index contributed by atoms with van der Waals surface area (Å²) in [5.41, 5.74) is -0.547. The van der Waals surface area contributed by atoms with Crippen molar-refractivity contribution in [1.82, 2.24) is 0 Å². The lowest BCUT2D eigenvalue weighted by atomic mass is 10.1. The number of carbonyl (C=O) groups excluding carboxylic acids is 2. The van der Waals surface area contributed by atoms with Crippen molar-refractivity contribution >= 4 is 21.8 Å². The molecule has 0 spiro atoms. The number of carbonyl (C=O) groups is 2. The minimum absolute atomic E-state index is 0.0800. The van der Waals surface area contributed by atoms with E-state index in [4.69, 9.17) is 0 Å². The Morgan fingerprint density at radius 2 is 1.78 bits per heavy atom. The molecule has 1 aliphatic carbocycles. The van der Waals surface area contributed by atoms with Crippen LogP contribution in [0.15, 0.2) is 0 Å². The van der Waals surface area contributed by atoms with E-state index >= 15 is 0 Å². The summed E-state index contributed by atoms with van der Waals surface area (Å²) in [4.78, 5) is 22.5. The van der Waals surface area contributed by atoms with Crippen LogP contribution in [-0.4, -0.2) is 45.6 Å². The molecule has 1 atom stereocenters. The van der Waals surface area contributed by atoms with Gasteiger partial charge in [-0.2, -0.15) is 0 Å². The van der Waals surface area contributed by atoms with Crippen molar-refractivity contribution in [3.8, 4) is 0 Å². The normalized spacial score (nSPS) is 18.8. The van der Waals surface area contributed by atoms with Gasteiger partial charge in [0.15, 0.2) is 15.1 Å². The Labute approximate surface area is 107 Å². The molecule has 104 valence electrons. The molecule has 0 amide bonds. The third-order valence-corrected chi connectivity index (χ3v) is 5.57. The molecule has 1 unspecified atom stereocenters. The maximum Gasteiger partial charge on any atom is 0.323 e. The van der Waals surface area contributed by atoms with Crippen molar-refractivity contribution in [2.24, 2.45) is 5.41 Å². The Bertz CT molecular complexity index is 434. The molecule has 0 radical (unpaired) electrons. The van der Waals surface area contributed by atoms with E-state index in [1.54, 1.807) is 0 Å². The maximum absolute atomic E-state index is 12.0. The average molecular weight is 278 g/mol. The summed E-state index contributed by atoms with van der Waals surface area (Å²) in [6.45, 7) is 1.30. The summed E-state index contributed by atoms with van der Waals surface area (Å²) in [6, 6.07) is 0. The lowest BCUT2D eigenvalue weighted by Gasteiger charge is -2.16. The molecule has 0 N–H and O–H groups in total. The highest BCUT2D eigenvalue weighted by Gasteiger charge is 2.49. The van der Waals surface area contributed by atoms with Crippen molar-refractivity contribution in [1.29, 1.82) is 0 Å². The second-order valence-corrected chi connectivity index (χ2v) is 7.05. The van der Waals surface area contributed by atoms with E-state index in [0.29, 0.717) is 12.8 Å². The van der Waals surface area contributed by atoms with Gasteiger partial charge in [0.05, 0.1) is 26.4 Å². The van der Waals surface area contributed by atoms with E-state index < -0.39 is 32.4 Å². The second kappa shape index (κ2) is 5.26. The Hall–Kier alpha value is -1.11. The molecule has 0 saturated heterocycles. The van der Waals surface area contributed by atoms with Crippen LogP contribution in [0.5, 0.6) is 0 Å². The van der Waals surface area contributed by atoms with Crippen LogP contribution in [0.2, 0.25) is 0 Å². The minimum Gasteiger partial charge on any atom is -0.469 e. The van der Waals surface area contributed by atoms with E-state index in [1.165, 1.54) is 14.0 Å². The Morgan fingerprint density at radius 3 is 2.17 bits per heavy atom. The molecule has 6 nitrogen and oxygen atoms in total. The van der Waals surface area contributed by atoms with E-state index in [-0.39, 0.29) is 12.2 Å². The summed E-state index contributed by atoms with van der Waals surface area (Å²) in [5, 5.41) is -1.20. The minimum atomic E-state index is -3.60. The van der Waals surface area contributed by atoms with Crippen LogP contribution in [-0.2, 0) is 28.9 Å². The number of sulfone groups is 1. The molecular weight excluding hydrogens is 260 g/mol. The average Bonchev–Trinajstić information content (AvgIpc) is 3.05. The molecule has 7 heteroatoms. The predicted molar refractivity (Wildman–Crippen MR) is 63.6 cm³/mol. The first kappa shape index (κ1) is 14.9. The molecular formula is C11H18O6S. The first-order chi connectivity index (χ1) is 8.26. The van der Waals surface area contributed by atoms with Crippen LogP contribution in [0.1, 0.15) is 26.2 Å². The molecule has 1 rings (SSSR count). The first-order valence-electron chi connectivity index (χ1n) is 5.62. The van der Waals surface area contributed by atoms with Crippen LogP contribution in [0.4, 0.5) is 0 Å². The van der Waals surface area contributed by atoms with Crippen molar-refractivity contribution in [2.45, 2.75) is 31.4 Å². The smallest absolute Gasteiger partial charge is 0.323 e. The van der Waals surface area contributed by atoms with Crippen molar-refractivity contribution in [3.63, 3.8) is 0 Å². The standard InChI is InChI=1S/C11H18O6S/c1-8(10(13)17-3)18(14,15)7-11(4-5-11)6-9(12)16-2/h8H,4-7H2,1-3H3. The zero-order chi connectivity index (χ0) is 14.0. The first-order valence-corrected chi connectivity index (χ1v) is 7.34. The number of methoxy groups -OCH3 is 2. The quantitative estimate of drug-likeness (QED) is 0.650. The molecule has 1 saturated carbocycles. The molecule has 0 aromatic rings. The summed E-state index contributed by atoms with van der Waals surface area (Å²) >= 11 is 0. The topological polar surface area (TPSA) is 86.7 Å². The molecule has 0 aromatic carbocycles. The Morgan fingerprint density at radius 1 is 1.22 bits per heavy atom. The van der Waals surface area contributed by atoms with E-state index in [0.717, 1.165) is 7.11 Å². The van der Waals surface area contributed by atoms with E-state index in [2.05, 4.69) is 9.47 Å². The zero-order valence-electron chi connectivity index (χ0n) is 10.8. The molecule has 0 aromatic heterocycles. The van der Waals surface area contributed by atoms with Gasteiger partial charge in [-0.15, -0.1) is 0 Å². The highest BCUT2D eigenvalue weighted by molar-refractivity contribution is 7.92. The summed E-state index contributed by atoms with van der Waals surface area (Å²) in [6.07, 6.45) is 1.40. The fraction of sp³-hybridized carbons (Fsp3) is 0.818. The highest BCUT2D eigenvalue weighted by Crippen LogP contribution is 2.50. The largest absolute Gasteiger partial charge is 0.469 e. The van der Waals surface area contributed by atoms with Gasteiger partial charge in [0.25, 0.3) is 0 Å². The van der Waals surface area contributed by atoms with Gasteiger partial charge in [-0.1, -0.05) is 0 Å². The molecule has 1 aliphatic rings. The van der Waals surface area contributed by atoms with Gasteiger partial charge in [0, 0.05) is 0 Å². The molecule has 18 heavy (non-hydrogen) atoms. The number of esters is 2. The van der Waals surface area contributed by atoms with Gasteiger partial charge in [-0.3, -0.25) is 9.59 Å². The maximum atomic E-state index is 12.0. The Balaban J connectivity index is 2.72. The van der Waals surface area contributed by atoms with E-state index in [9.17, 15) is 18.0 Å². The second-order valence-electron chi connectivity index (χ2n) is 4.73. The number of ether oxygens (including phenoxy) is 2. The van der Waals surface area contributed by atoms with Gasteiger partial charge in [-0.05, 0) is 25.2 Å². The van der Waals surface area contributed by atoms with Gasteiger partial charge in [0.2, 0.25) is 0 Å². The number of hydrogen-bond donors (Lipinski definition) is 0. The van der Waals surface area contributed by atoms with Crippen molar-refractivity contribution in [2.75, 3.05) is 20.0 Å². The van der Waals surface area contributed by atoms with Gasteiger partial charge >= 0.3 is 11.9 Å². The lowest BCUT2D eigenvalue weighted by Crippen LogP contribution is -2.34. The summed E-state index contributed by atoms with van der Waals surface area (Å²) in [7, 11) is -1.19. The van der Waals surface area contributed by atoms with Crippen LogP contribution >= 0.6 is 0 Å². The summed E-state index contributed by atoms with van der Waals surface area (Å²) < 4.78 is 33.0. The highest BCUT2D eigenvalue weighted by atomic mass is 32.2. The molecule has 1 fully saturated rings. The number of hydrogen-bond acceptors (Lipinski definition) is 6. The van der Waals surface area contributed by atoms with Crippen LogP contribution < -0.4 is 0 Å². The molecule has 0 heterocycles. The Kier molecular flexibility index (Phi) is 4.37. The van der Waals surface area contributed by atoms with Gasteiger partial charge in [0.1, 0.15) is 0 Å². The van der Waals surface area contributed by atoms with Crippen LogP contribution in [0.3, 0.4) is 0 Å². The monoisotopic (exact) mass is 278 g/mol. The van der Waals surface area contributed by atoms with Crippen molar-refractivity contribution in [3.05, 3.63) is 0 Å². The zero-order valence-corrected chi connectivity index (χ0v) is 11.6. The predicted octanol–water partition coefficient (Wildman–Crippen LogP) is 0.306. The van der Waals surface area contributed by atoms with E-state index in [1.807, 2.05) is 0 Å². The SMILES string of the molecule is COC(=O)CC1(CS(=O)(=O)C(C)C(=O)OC)CC1. The number of rotatable bonds is 6. The fourth-order valence-corrected chi connectivity index (χ4v) is 3.68. The molecule has 0 aliphatic heterocycles. The summed E-state index contributed by atoms with van der Waals surface area (Å²) in [5.74, 6) is -1.37. The third-order valence-electron chi connectivity index (χ3n) is 3.28. The fourth-order valence-electron chi connectivity index (χ4n) is 1.79. The van der Waals surface area contributed by atoms with Crippen molar-refractivity contribution < 1.29 is 27.5 Å². The van der Waals surface area contributed by atoms with Gasteiger partial charge < -0.3 is 9.47 Å². The third kappa shape index (κ3) is 3.44. The van der Waals surface area contributed by atoms with Gasteiger partial charge in [-0.25, -0.2) is 8.42 Å². The van der Waals surface area contributed by atoms with Crippen LogP contribution in [0.25, 0.3) is 0 Å².